The van der Waals surface area contributed by atoms with Gasteiger partial charge in [0.1, 0.15) is 11.3 Å². The third-order valence-electron chi connectivity index (χ3n) is 6.66. The number of nitrogens with two attached hydrogens (primary N) is 1. The van der Waals surface area contributed by atoms with E-state index in [1.807, 2.05) is 13.8 Å². The monoisotopic (exact) mass is 462 g/mol. The maximum atomic E-state index is 15.9. The number of hydrogen-bond acceptors (Lipinski definition) is 4. The fourth-order valence-corrected chi connectivity index (χ4v) is 5.11. The number of Topliss-reactive ketones (excluding diaryl/α,β-unsaturated/α-hetero) is 1. The summed E-state index contributed by atoms with van der Waals surface area (Å²) in [5.74, 6) is -5.64. The van der Waals surface area contributed by atoms with Crippen molar-refractivity contribution in [2.24, 2.45) is 11.1 Å². The Bertz CT molecular complexity index is 1130. The molecule has 33 heavy (non-hydrogen) atoms. The number of ketones is 1. The van der Waals surface area contributed by atoms with Crippen molar-refractivity contribution in [3.05, 3.63) is 40.0 Å². The first-order chi connectivity index (χ1) is 15.6. The van der Waals surface area contributed by atoms with E-state index in [0.29, 0.717) is 42.6 Å². The van der Waals surface area contributed by atoms with Crippen LogP contribution in [0.5, 0.6) is 0 Å². The molecule has 0 radical (unpaired) electrons. The van der Waals surface area contributed by atoms with Gasteiger partial charge in [0.15, 0.2) is 23.2 Å². The number of benzene rings is 1. The zero-order valence-electron chi connectivity index (χ0n) is 19.2. The van der Waals surface area contributed by atoms with Crippen molar-refractivity contribution in [3.63, 3.8) is 0 Å². The fraction of sp³-hybridized carbons (Fsp3) is 0.542. The zero-order chi connectivity index (χ0) is 24.1. The van der Waals surface area contributed by atoms with Crippen LogP contribution in [0.1, 0.15) is 91.4 Å². The molecule has 3 N–H and O–H groups in total. The summed E-state index contributed by atoms with van der Waals surface area (Å²) >= 11 is 0. The van der Waals surface area contributed by atoms with Gasteiger partial charge in [0.25, 0.3) is 5.91 Å². The standard InChI is InChI=1S/C24H29F3N4O2/c1-4-13-16-14(10-24(2,3)11-15(16)32)31(30-13)22-19(26)18(25)17(23(28)33)21(20(22)27)29-12-8-6-5-7-9-12/h12,29H,4-11H2,1-3H3,(H2,28,33). The number of carbonyl (C=O) groups excluding carboxylic acids is 2. The van der Waals surface area contributed by atoms with Crippen LogP contribution < -0.4 is 11.1 Å². The van der Waals surface area contributed by atoms with Crippen molar-refractivity contribution in [2.45, 2.75) is 78.2 Å². The molecule has 6 nitrogen and oxygen atoms in total. The van der Waals surface area contributed by atoms with Gasteiger partial charge >= 0.3 is 0 Å². The number of aromatic nitrogens is 2. The number of anilines is 1. The lowest BCUT2D eigenvalue weighted by Gasteiger charge is -2.29. The number of halogens is 3. The van der Waals surface area contributed by atoms with Crippen LogP contribution in [0.15, 0.2) is 0 Å². The normalized spacial score (nSPS) is 18.3. The molecule has 1 saturated carbocycles. The molecule has 0 saturated heterocycles. The second-order valence-electron chi connectivity index (χ2n) is 9.86. The number of nitrogens with one attached hydrogen (secondary N) is 1. The third kappa shape index (κ3) is 4.02. The van der Waals surface area contributed by atoms with E-state index >= 15 is 13.2 Å². The minimum absolute atomic E-state index is 0.153. The Morgan fingerprint density at radius 3 is 2.39 bits per heavy atom. The fourth-order valence-electron chi connectivity index (χ4n) is 5.11. The molecule has 1 fully saturated rings. The van der Waals surface area contributed by atoms with Crippen molar-refractivity contribution in [1.82, 2.24) is 9.78 Å². The quantitative estimate of drug-likeness (QED) is 0.622. The average Bonchev–Trinajstić information content (AvgIpc) is 3.10. The molecule has 0 atom stereocenters. The molecule has 9 heteroatoms. The van der Waals surface area contributed by atoms with Crippen molar-refractivity contribution in [3.8, 4) is 5.69 Å². The molecule has 0 unspecified atom stereocenters. The largest absolute Gasteiger partial charge is 0.379 e. The van der Waals surface area contributed by atoms with Gasteiger partial charge < -0.3 is 11.1 Å². The molecule has 2 aliphatic carbocycles. The first-order valence-corrected chi connectivity index (χ1v) is 11.5. The van der Waals surface area contributed by atoms with E-state index < -0.39 is 45.7 Å². The van der Waals surface area contributed by atoms with Crippen LogP contribution in [0.25, 0.3) is 5.69 Å². The molecule has 0 aliphatic heterocycles. The number of primary amides is 1. The molecule has 0 bridgehead atoms. The number of amides is 1. The molecule has 0 spiro atoms. The van der Waals surface area contributed by atoms with Crippen LogP contribution in [0.3, 0.4) is 0 Å². The maximum absolute atomic E-state index is 15.9. The van der Waals surface area contributed by atoms with Crippen LogP contribution in [0.4, 0.5) is 18.9 Å². The van der Waals surface area contributed by atoms with E-state index in [-0.39, 0.29) is 18.2 Å². The Morgan fingerprint density at radius 1 is 1.12 bits per heavy atom. The molecule has 2 aliphatic rings. The minimum atomic E-state index is -1.56. The molecule has 1 heterocycles. The lowest BCUT2D eigenvalue weighted by molar-refractivity contribution is 0.0909. The van der Waals surface area contributed by atoms with Crippen molar-refractivity contribution in [2.75, 3.05) is 5.32 Å². The predicted molar refractivity (Wildman–Crippen MR) is 118 cm³/mol. The summed E-state index contributed by atoms with van der Waals surface area (Å²) in [6.07, 6.45) is 5.28. The number of fused-ring (bicyclic) bond motifs is 1. The number of rotatable bonds is 5. The van der Waals surface area contributed by atoms with E-state index in [0.717, 1.165) is 23.9 Å². The van der Waals surface area contributed by atoms with Crippen molar-refractivity contribution < 1.29 is 22.8 Å². The van der Waals surface area contributed by atoms with E-state index in [2.05, 4.69) is 10.4 Å². The highest BCUT2D eigenvalue weighted by Gasteiger charge is 2.39. The van der Waals surface area contributed by atoms with Crippen molar-refractivity contribution >= 4 is 17.4 Å². The van der Waals surface area contributed by atoms with E-state index in [1.165, 1.54) is 0 Å². The highest BCUT2D eigenvalue weighted by molar-refractivity contribution is 6.01. The average molecular weight is 463 g/mol. The molecule has 1 amide bonds. The summed E-state index contributed by atoms with van der Waals surface area (Å²) in [6, 6.07) is -0.192. The molecular weight excluding hydrogens is 433 g/mol. The van der Waals surface area contributed by atoms with Crippen LogP contribution in [-0.2, 0) is 12.8 Å². The molecule has 1 aromatic heterocycles. The Hall–Kier alpha value is -2.84. The Balaban J connectivity index is 1.96. The van der Waals surface area contributed by atoms with E-state index in [4.69, 9.17) is 5.73 Å². The predicted octanol–water partition coefficient (Wildman–Crippen LogP) is 4.85. The SMILES string of the molecule is CCc1nn(-c2c(F)c(F)c(C(N)=O)c(NC3CCCCC3)c2F)c2c1C(=O)CC(C)(C)C2. The highest BCUT2D eigenvalue weighted by Crippen LogP contribution is 2.40. The topological polar surface area (TPSA) is 90.0 Å². The lowest BCUT2D eigenvalue weighted by Crippen LogP contribution is -2.29. The first-order valence-electron chi connectivity index (χ1n) is 11.5. The molecular formula is C24H29F3N4O2. The van der Waals surface area contributed by atoms with Gasteiger partial charge in [0, 0.05) is 12.5 Å². The van der Waals surface area contributed by atoms with Gasteiger partial charge in [-0.05, 0) is 31.1 Å². The summed E-state index contributed by atoms with van der Waals surface area (Å²) < 4.78 is 47.4. The highest BCUT2D eigenvalue weighted by atomic mass is 19.2. The summed E-state index contributed by atoms with van der Waals surface area (Å²) in [5, 5.41) is 7.24. The van der Waals surface area contributed by atoms with Gasteiger partial charge in [-0.1, -0.05) is 40.0 Å². The van der Waals surface area contributed by atoms with E-state index in [1.54, 1.807) is 6.92 Å². The van der Waals surface area contributed by atoms with E-state index in [9.17, 15) is 9.59 Å². The number of hydrogen-bond donors (Lipinski definition) is 2. The summed E-state index contributed by atoms with van der Waals surface area (Å²) in [7, 11) is 0. The van der Waals surface area contributed by atoms with Crippen LogP contribution in [-0.4, -0.2) is 27.5 Å². The molecule has 178 valence electrons. The zero-order valence-corrected chi connectivity index (χ0v) is 19.2. The summed E-state index contributed by atoms with van der Waals surface area (Å²) in [6.45, 7) is 5.56. The second-order valence-corrected chi connectivity index (χ2v) is 9.86. The first kappa shape index (κ1) is 23.3. The van der Waals surface area contributed by atoms with Crippen LogP contribution >= 0.6 is 0 Å². The summed E-state index contributed by atoms with van der Waals surface area (Å²) in [5.41, 5.74) is 3.94. The van der Waals surface area contributed by atoms with Gasteiger partial charge in [-0.2, -0.15) is 5.10 Å². The van der Waals surface area contributed by atoms with Gasteiger partial charge in [-0.3, -0.25) is 9.59 Å². The Kier molecular flexibility index (Phi) is 6.01. The van der Waals surface area contributed by atoms with Gasteiger partial charge in [0.2, 0.25) is 0 Å². The number of carbonyl (C=O) groups is 2. The Labute approximate surface area is 190 Å². The van der Waals surface area contributed by atoms with Gasteiger partial charge in [-0.25, -0.2) is 17.9 Å². The molecule has 2 aromatic rings. The molecule has 1 aromatic carbocycles. The van der Waals surface area contributed by atoms with Crippen LogP contribution in [0, 0.1) is 22.9 Å². The third-order valence-corrected chi connectivity index (χ3v) is 6.66. The van der Waals surface area contributed by atoms with Crippen LogP contribution in [0.2, 0.25) is 0 Å². The van der Waals surface area contributed by atoms with Gasteiger partial charge in [-0.15, -0.1) is 0 Å². The maximum Gasteiger partial charge on any atom is 0.254 e. The van der Waals surface area contributed by atoms with Crippen molar-refractivity contribution in [1.29, 1.82) is 0 Å². The number of nitrogens with zero attached hydrogens (tertiary/aromatic N) is 2. The molecule has 4 rings (SSSR count). The number of aryl methyl sites for hydroxylation is 1. The Morgan fingerprint density at radius 2 is 1.79 bits per heavy atom. The smallest absolute Gasteiger partial charge is 0.254 e. The van der Waals surface area contributed by atoms with Gasteiger partial charge in [0.05, 0.1) is 22.6 Å². The lowest BCUT2D eigenvalue weighted by atomic mass is 9.75. The second kappa shape index (κ2) is 8.50. The summed E-state index contributed by atoms with van der Waals surface area (Å²) in [4.78, 5) is 24.8. The minimum Gasteiger partial charge on any atom is -0.379 e.